The van der Waals surface area contributed by atoms with Crippen LogP contribution >= 0.6 is 11.6 Å². The third-order valence-corrected chi connectivity index (χ3v) is 3.70. The fourth-order valence-corrected chi connectivity index (χ4v) is 2.38. The lowest BCUT2D eigenvalue weighted by Crippen LogP contribution is -2.42. The largest absolute Gasteiger partial charge is 0.281 e. The average molecular weight is 338 g/mol. The molecule has 3 rings (SSSR count). The summed E-state index contributed by atoms with van der Waals surface area (Å²) in [6.45, 7) is 0.553. The maximum atomic E-state index is 12.5. The molecule has 0 radical (unpaired) electrons. The standard InChI is InChI=1S/C19H16ClN3O/c20-18-12-11-16(13-21-18)19(24)22-23(17-9-5-2-6-10-17)14-15-7-3-1-4-8-15/h1-13H,14H2,(H,22,24). The highest BCUT2D eigenvalue weighted by Crippen LogP contribution is 2.15. The molecule has 24 heavy (non-hydrogen) atoms. The minimum atomic E-state index is -0.237. The number of pyridine rings is 1. The van der Waals surface area contributed by atoms with Gasteiger partial charge in [0.2, 0.25) is 0 Å². The molecule has 0 spiro atoms. The van der Waals surface area contributed by atoms with Crippen molar-refractivity contribution >= 4 is 23.2 Å². The first-order valence-electron chi connectivity index (χ1n) is 7.51. The molecule has 0 aliphatic heterocycles. The Morgan fingerprint density at radius 1 is 0.958 bits per heavy atom. The number of nitrogens with zero attached hydrogens (tertiary/aromatic N) is 2. The second kappa shape index (κ2) is 7.62. The Morgan fingerprint density at radius 2 is 1.62 bits per heavy atom. The number of nitrogens with one attached hydrogen (secondary N) is 1. The van der Waals surface area contributed by atoms with Gasteiger partial charge in [-0.2, -0.15) is 0 Å². The van der Waals surface area contributed by atoms with Crippen LogP contribution in [0.5, 0.6) is 0 Å². The first kappa shape index (κ1) is 16.0. The van der Waals surface area contributed by atoms with Crippen molar-refractivity contribution in [1.29, 1.82) is 0 Å². The van der Waals surface area contributed by atoms with Gasteiger partial charge in [0, 0.05) is 6.20 Å². The molecule has 1 aromatic heterocycles. The Morgan fingerprint density at radius 3 is 2.25 bits per heavy atom. The van der Waals surface area contributed by atoms with Crippen LogP contribution in [0.3, 0.4) is 0 Å². The lowest BCUT2D eigenvalue weighted by molar-refractivity contribution is 0.0948. The zero-order valence-electron chi connectivity index (χ0n) is 12.9. The summed E-state index contributed by atoms with van der Waals surface area (Å²) in [6.07, 6.45) is 1.46. The van der Waals surface area contributed by atoms with Crippen molar-refractivity contribution in [3.8, 4) is 0 Å². The number of rotatable bonds is 5. The maximum absolute atomic E-state index is 12.5. The number of aromatic nitrogens is 1. The van der Waals surface area contributed by atoms with Crippen molar-refractivity contribution in [2.24, 2.45) is 0 Å². The maximum Gasteiger partial charge on any atom is 0.271 e. The monoisotopic (exact) mass is 337 g/mol. The van der Waals surface area contributed by atoms with E-state index in [2.05, 4.69) is 10.4 Å². The zero-order chi connectivity index (χ0) is 16.8. The van der Waals surface area contributed by atoms with E-state index in [1.165, 1.54) is 6.20 Å². The Bertz CT molecular complexity index is 792. The number of carbonyl (C=O) groups excluding carboxylic acids is 1. The molecule has 1 heterocycles. The summed E-state index contributed by atoms with van der Waals surface area (Å²) < 4.78 is 0. The topological polar surface area (TPSA) is 45.2 Å². The van der Waals surface area contributed by atoms with Crippen molar-refractivity contribution in [3.05, 3.63) is 95.3 Å². The Labute approximate surface area is 145 Å². The Balaban J connectivity index is 1.82. The van der Waals surface area contributed by atoms with Crippen LogP contribution in [0.2, 0.25) is 5.15 Å². The van der Waals surface area contributed by atoms with Crippen LogP contribution in [-0.4, -0.2) is 10.9 Å². The van der Waals surface area contributed by atoms with Crippen LogP contribution in [-0.2, 0) is 6.54 Å². The van der Waals surface area contributed by atoms with E-state index in [-0.39, 0.29) is 5.91 Å². The fourth-order valence-electron chi connectivity index (χ4n) is 2.27. The van der Waals surface area contributed by atoms with Gasteiger partial charge in [0.1, 0.15) is 5.15 Å². The summed E-state index contributed by atoms with van der Waals surface area (Å²) in [5.41, 5.74) is 5.37. The number of amides is 1. The van der Waals surface area contributed by atoms with Crippen molar-refractivity contribution in [2.75, 3.05) is 5.01 Å². The van der Waals surface area contributed by atoms with Crippen molar-refractivity contribution < 1.29 is 4.79 Å². The number of hydrogen-bond donors (Lipinski definition) is 1. The normalized spacial score (nSPS) is 10.2. The van der Waals surface area contributed by atoms with E-state index < -0.39 is 0 Å². The number of para-hydroxylation sites is 1. The number of carbonyl (C=O) groups is 1. The van der Waals surface area contributed by atoms with Crippen LogP contribution in [0.15, 0.2) is 79.0 Å². The van der Waals surface area contributed by atoms with Gasteiger partial charge in [-0.05, 0) is 29.8 Å². The van der Waals surface area contributed by atoms with E-state index in [1.807, 2.05) is 65.7 Å². The fraction of sp³-hybridized carbons (Fsp3) is 0.0526. The van der Waals surface area contributed by atoms with Gasteiger partial charge >= 0.3 is 0 Å². The minimum absolute atomic E-state index is 0.237. The van der Waals surface area contributed by atoms with Crippen LogP contribution in [0, 0.1) is 0 Å². The van der Waals surface area contributed by atoms with Crippen LogP contribution in [0.1, 0.15) is 15.9 Å². The van der Waals surface area contributed by atoms with Gasteiger partial charge in [-0.1, -0.05) is 60.1 Å². The van der Waals surface area contributed by atoms with Crippen molar-refractivity contribution in [3.63, 3.8) is 0 Å². The van der Waals surface area contributed by atoms with Gasteiger partial charge in [0.05, 0.1) is 17.8 Å². The quantitative estimate of drug-likeness (QED) is 0.563. The Hall–Kier alpha value is -2.85. The predicted octanol–water partition coefficient (Wildman–Crippen LogP) is 4.09. The van der Waals surface area contributed by atoms with Crippen LogP contribution < -0.4 is 10.4 Å². The molecule has 0 atom stereocenters. The second-order valence-corrected chi connectivity index (χ2v) is 5.61. The first-order valence-corrected chi connectivity index (χ1v) is 7.89. The molecular formula is C19H16ClN3O. The zero-order valence-corrected chi connectivity index (χ0v) is 13.6. The van der Waals surface area contributed by atoms with Crippen molar-refractivity contribution in [2.45, 2.75) is 6.54 Å². The summed E-state index contributed by atoms with van der Waals surface area (Å²) in [4.78, 5) is 16.4. The molecule has 0 saturated heterocycles. The summed E-state index contributed by atoms with van der Waals surface area (Å²) in [5, 5.41) is 2.17. The van der Waals surface area contributed by atoms with E-state index in [0.29, 0.717) is 17.3 Å². The highest BCUT2D eigenvalue weighted by Gasteiger charge is 2.13. The van der Waals surface area contributed by atoms with E-state index in [0.717, 1.165) is 11.3 Å². The summed E-state index contributed by atoms with van der Waals surface area (Å²) in [7, 11) is 0. The van der Waals surface area contributed by atoms with E-state index in [4.69, 9.17) is 11.6 Å². The minimum Gasteiger partial charge on any atom is -0.281 e. The SMILES string of the molecule is O=C(NN(Cc1ccccc1)c1ccccc1)c1ccc(Cl)nc1. The molecule has 2 aromatic carbocycles. The lowest BCUT2D eigenvalue weighted by atomic mass is 10.2. The van der Waals surface area contributed by atoms with Gasteiger partial charge in [-0.25, -0.2) is 4.98 Å². The molecule has 0 saturated carbocycles. The number of benzene rings is 2. The molecule has 1 amide bonds. The second-order valence-electron chi connectivity index (χ2n) is 5.22. The molecular weight excluding hydrogens is 322 g/mol. The van der Waals surface area contributed by atoms with E-state index in [1.54, 1.807) is 12.1 Å². The average Bonchev–Trinajstić information content (AvgIpc) is 2.63. The van der Waals surface area contributed by atoms with Crippen LogP contribution in [0.4, 0.5) is 5.69 Å². The van der Waals surface area contributed by atoms with Gasteiger partial charge < -0.3 is 0 Å². The summed E-state index contributed by atoms with van der Waals surface area (Å²) >= 11 is 5.77. The molecule has 1 N–H and O–H groups in total. The van der Waals surface area contributed by atoms with Gasteiger partial charge in [0.25, 0.3) is 5.91 Å². The molecule has 120 valence electrons. The van der Waals surface area contributed by atoms with E-state index >= 15 is 0 Å². The van der Waals surface area contributed by atoms with Crippen LogP contribution in [0.25, 0.3) is 0 Å². The lowest BCUT2D eigenvalue weighted by Gasteiger charge is -2.25. The highest BCUT2D eigenvalue weighted by molar-refractivity contribution is 6.29. The van der Waals surface area contributed by atoms with Gasteiger partial charge in [-0.15, -0.1) is 0 Å². The first-order chi connectivity index (χ1) is 11.7. The third kappa shape index (κ3) is 4.12. The summed E-state index contributed by atoms with van der Waals surface area (Å²) in [5.74, 6) is -0.237. The smallest absolute Gasteiger partial charge is 0.271 e. The summed E-state index contributed by atoms with van der Waals surface area (Å²) in [6, 6.07) is 22.9. The highest BCUT2D eigenvalue weighted by atomic mass is 35.5. The molecule has 0 aliphatic rings. The van der Waals surface area contributed by atoms with Crippen molar-refractivity contribution in [1.82, 2.24) is 10.4 Å². The van der Waals surface area contributed by atoms with E-state index in [9.17, 15) is 4.79 Å². The predicted molar refractivity (Wildman–Crippen MR) is 95.8 cm³/mol. The molecule has 0 unspecified atom stereocenters. The molecule has 0 bridgehead atoms. The molecule has 5 heteroatoms. The Kier molecular flexibility index (Phi) is 5.08. The molecule has 3 aromatic rings. The molecule has 0 fully saturated rings. The molecule has 0 aliphatic carbocycles. The third-order valence-electron chi connectivity index (χ3n) is 3.48. The number of anilines is 1. The van der Waals surface area contributed by atoms with Gasteiger partial charge in [-0.3, -0.25) is 15.2 Å². The molecule has 4 nitrogen and oxygen atoms in total. The number of halogens is 1. The van der Waals surface area contributed by atoms with Gasteiger partial charge in [0.15, 0.2) is 0 Å². The number of hydrazine groups is 1. The number of hydrogen-bond acceptors (Lipinski definition) is 3.